The predicted octanol–water partition coefficient (Wildman–Crippen LogP) is 1.63. The van der Waals surface area contributed by atoms with Crippen LogP contribution in [0.4, 0.5) is 8.78 Å². The summed E-state index contributed by atoms with van der Waals surface area (Å²) in [5, 5.41) is 0. The maximum Gasteiger partial charge on any atom is 0.239 e. The summed E-state index contributed by atoms with van der Waals surface area (Å²) >= 11 is 0. The van der Waals surface area contributed by atoms with Crippen molar-refractivity contribution >= 4 is 18.3 Å². The second-order valence-electron chi connectivity index (χ2n) is 4.61. The molecule has 20 heavy (non-hydrogen) atoms. The van der Waals surface area contributed by atoms with Gasteiger partial charge in [-0.15, -0.1) is 12.4 Å². The summed E-state index contributed by atoms with van der Waals surface area (Å²) in [6.07, 6.45) is -0.452. The van der Waals surface area contributed by atoms with Crippen LogP contribution in [0, 0.1) is 11.6 Å². The molecule has 2 atom stereocenters. The van der Waals surface area contributed by atoms with E-state index < -0.39 is 23.8 Å². The molecule has 1 aliphatic heterocycles. The first-order chi connectivity index (χ1) is 8.99. The van der Waals surface area contributed by atoms with Crippen molar-refractivity contribution in [1.29, 1.82) is 0 Å². The molecule has 1 aromatic carbocycles. The van der Waals surface area contributed by atoms with Gasteiger partial charge >= 0.3 is 0 Å². The fourth-order valence-corrected chi connectivity index (χ4v) is 2.05. The topological polar surface area (TPSA) is 55.6 Å². The van der Waals surface area contributed by atoms with Crippen LogP contribution < -0.4 is 5.73 Å². The average molecular weight is 307 g/mol. The van der Waals surface area contributed by atoms with Gasteiger partial charge in [0.1, 0.15) is 6.10 Å². The monoisotopic (exact) mass is 306 g/mol. The lowest BCUT2D eigenvalue weighted by Crippen LogP contribution is -2.48. The molecule has 1 heterocycles. The molecule has 1 aliphatic rings. The Kier molecular flexibility index (Phi) is 5.86. The number of hydrogen-bond acceptors (Lipinski definition) is 3. The maximum atomic E-state index is 13.2. The summed E-state index contributed by atoms with van der Waals surface area (Å²) in [6.45, 7) is 2.72. The van der Waals surface area contributed by atoms with Crippen molar-refractivity contribution in [2.45, 2.75) is 19.1 Å². The van der Waals surface area contributed by atoms with Crippen molar-refractivity contribution in [2.24, 2.45) is 5.73 Å². The highest BCUT2D eigenvalue weighted by Crippen LogP contribution is 2.24. The molecular formula is C13H17ClF2N2O2. The van der Waals surface area contributed by atoms with Crippen molar-refractivity contribution in [1.82, 2.24) is 4.90 Å². The normalized spacial score (nSPS) is 20.2. The highest BCUT2D eigenvalue weighted by Gasteiger charge is 2.27. The summed E-state index contributed by atoms with van der Waals surface area (Å²) in [5.74, 6) is -1.99. The number of nitrogens with zero attached hydrogens (tertiary/aromatic N) is 1. The van der Waals surface area contributed by atoms with E-state index in [-0.39, 0.29) is 18.3 Å². The highest BCUT2D eigenvalue weighted by molar-refractivity contribution is 5.85. The molecule has 1 saturated heterocycles. The molecule has 0 aliphatic carbocycles. The van der Waals surface area contributed by atoms with Gasteiger partial charge in [0.05, 0.1) is 19.2 Å². The Morgan fingerprint density at radius 2 is 2.15 bits per heavy atom. The zero-order chi connectivity index (χ0) is 14.0. The average Bonchev–Trinajstić information content (AvgIpc) is 2.41. The number of benzene rings is 1. The van der Waals surface area contributed by atoms with Crippen LogP contribution in [0.3, 0.4) is 0 Å². The van der Waals surface area contributed by atoms with Crippen LogP contribution in [0.25, 0.3) is 0 Å². The number of carbonyl (C=O) groups excluding carboxylic acids is 1. The second kappa shape index (κ2) is 6.97. The molecular weight excluding hydrogens is 290 g/mol. The van der Waals surface area contributed by atoms with Crippen LogP contribution in [0.5, 0.6) is 0 Å². The molecule has 1 amide bonds. The summed E-state index contributed by atoms with van der Waals surface area (Å²) in [7, 11) is 0. The van der Waals surface area contributed by atoms with Gasteiger partial charge in [-0.1, -0.05) is 6.07 Å². The lowest BCUT2D eigenvalue weighted by atomic mass is 10.1. The molecule has 1 unspecified atom stereocenters. The Balaban J connectivity index is 0.00000200. The van der Waals surface area contributed by atoms with Crippen LogP contribution in [-0.4, -0.2) is 36.5 Å². The van der Waals surface area contributed by atoms with Gasteiger partial charge in [-0.2, -0.15) is 0 Å². The second-order valence-corrected chi connectivity index (χ2v) is 4.61. The smallest absolute Gasteiger partial charge is 0.239 e. The molecule has 0 aromatic heterocycles. The molecule has 2 rings (SSSR count). The number of hydrogen-bond donors (Lipinski definition) is 1. The highest BCUT2D eigenvalue weighted by atomic mass is 35.5. The standard InChI is InChI=1S/C13H16F2N2O2.ClH/c1-8(16)13(18)17-4-5-19-12(7-17)9-2-3-10(14)11(15)6-9;/h2-3,6,8,12H,4-5,7,16H2,1H3;1H/t8-,12?;/m1./s1. The van der Waals surface area contributed by atoms with Gasteiger partial charge in [0.15, 0.2) is 11.6 Å². The molecule has 1 fully saturated rings. The first kappa shape index (κ1) is 16.8. The van der Waals surface area contributed by atoms with Crippen LogP contribution in [0.1, 0.15) is 18.6 Å². The SMILES string of the molecule is C[C@@H](N)C(=O)N1CCOC(c2ccc(F)c(F)c2)C1.Cl. The Labute approximate surface area is 122 Å². The van der Waals surface area contributed by atoms with Crippen molar-refractivity contribution in [3.63, 3.8) is 0 Å². The van der Waals surface area contributed by atoms with Gasteiger partial charge in [0.25, 0.3) is 0 Å². The number of amides is 1. The van der Waals surface area contributed by atoms with Crippen molar-refractivity contribution in [2.75, 3.05) is 19.7 Å². The minimum atomic E-state index is -0.920. The van der Waals surface area contributed by atoms with E-state index in [1.165, 1.54) is 6.07 Å². The van der Waals surface area contributed by atoms with Gasteiger partial charge in [-0.05, 0) is 24.6 Å². The van der Waals surface area contributed by atoms with E-state index in [2.05, 4.69) is 0 Å². The van der Waals surface area contributed by atoms with E-state index >= 15 is 0 Å². The zero-order valence-electron chi connectivity index (χ0n) is 11.0. The van der Waals surface area contributed by atoms with Crippen molar-refractivity contribution in [3.05, 3.63) is 35.4 Å². The Bertz CT molecular complexity index is 485. The van der Waals surface area contributed by atoms with Gasteiger partial charge in [-0.3, -0.25) is 4.79 Å². The minimum Gasteiger partial charge on any atom is -0.370 e. The van der Waals surface area contributed by atoms with E-state index in [0.717, 1.165) is 12.1 Å². The number of nitrogens with two attached hydrogens (primary N) is 1. The van der Waals surface area contributed by atoms with Crippen LogP contribution in [0.2, 0.25) is 0 Å². The molecule has 2 N–H and O–H groups in total. The summed E-state index contributed by atoms with van der Waals surface area (Å²) < 4.78 is 31.6. The number of ether oxygens (including phenoxy) is 1. The lowest BCUT2D eigenvalue weighted by molar-refractivity contribution is -0.140. The van der Waals surface area contributed by atoms with E-state index in [4.69, 9.17) is 10.5 Å². The molecule has 0 bridgehead atoms. The Hall–Kier alpha value is -1.24. The Morgan fingerprint density at radius 3 is 2.75 bits per heavy atom. The van der Waals surface area contributed by atoms with E-state index in [0.29, 0.717) is 25.3 Å². The van der Waals surface area contributed by atoms with E-state index in [1.807, 2.05) is 0 Å². The predicted molar refractivity (Wildman–Crippen MR) is 72.5 cm³/mol. The van der Waals surface area contributed by atoms with Crippen molar-refractivity contribution < 1.29 is 18.3 Å². The zero-order valence-corrected chi connectivity index (χ0v) is 11.8. The first-order valence-electron chi connectivity index (χ1n) is 6.10. The van der Waals surface area contributed by atoms with Gasteiger partial charge in [0.2, 0.25) is 5.91 Å². The maximum absolute atomic E-state index is 13.2. The van der Waals surface area contributed by atoms with Crippen molar-refractivity contribution in [3.8, 4) is 0 Å². The van der Waals surface area contributed by atoms with Crippen LogP contribution in [-0.2, 0) is 9.53 Å². The third kappa shape index (κ3) is 3.65. The molecule has 0 saturated carbocycles. The fourth-order valence-electron chi connectivity index (χ4n) is 2.05. The molecule has 1 aromatic rings. The summed E-state index contributed by atoms with van der Waals surface area (Å²) in [5.41, 5.74) is 6.07. The molecule has 0 radical (unpaired) electrons. The van der Waals surface area contributed by atoms with Gasteiger partial charge < -0.3 is 15.4 Å². The largest absolute Gasteiger partial charge is 0.370 e. The molecule has 7 heteroatoms. The number of carbonyl (C=O) groups is 1. The van der Waals surface area contributed by atoms with Gasteiger partial charge in [-0.25, -0.2) is 8.78 Å². The number of morpholine rings is 1. The Morgan fingerprint density at radius 1 is 1.45 bits per heavy atom. The first-order valence-corrected chi connectivity index (χ1v) is 6.10. The minimum absolute atomic E-state index is 0. The van der Waals surface area contributed by atoms with E-state index in [1.54, 1.807) is 11.8 Å². The third-order valence-corrected chi connectivity index (χ3v) is 3.08. The molecule has 4 nitrogen and oxygen atoms in total. The van der Waals surface area contributed by atoms with E-state index in [9.17, 15) is 13.6 Å². The van der Waals surface area contributed by atoms with Crippen LogP contribution >= 0.6 is 12.4 Å². The number of halogens is 3. The number of rotatable bonds is 2. The summed E-state index contributed by atoms with van der Waals surface area (Å²) in [4.78, 5) is 13.4. The van der Waals surface area contributed by atoms with Gasteiger partial charge in [0, 0.05) is 6.54 Å². The third-order valence-electron chi connectivity index (χ3n) is 3.08. The van der Waals surface area contributed by atoms with Crippen LogP contribution in [0.15, 0.2) is 18.2 Å². The quantitative estimate of drug-likeness (QED) is 0.903. The molecule has 0 spiro atoms. The fraction of sp³-hybridized carbons (Fsp3) is 0.462. The molecule has 112 valence electrons. The lowest BCUT2D eigenvalue weighted by Gasteiger charge is -2.34. The summed E-state index contributed by atoms with van der Waals surface area (Å²) in [6, 6.07) is 3.03.